The van der Waals surface area contributed by atoms with Gasteiger partial charge in [-0.3, -0.25) is 0 Å². The van der Waals surface area contributed by atoms with E-state index in [-0.39, 0.29) is 21.5 Å². The standard InChI is InChI=1S/C11H14Cl2N2O3S/c12-9-4-7(14)5-10(13)11(9)19(17,18)15-3-1-2-8(15)6-16/h4-5,8,16H,1-3,6,14H2. The first kappa shape index (κ1) is 14.9. The molecule has 0 amide bonds. The van der Waals surface area contributed by atoms with Crippen molar-refractivity contribution >= 4 is 38.9 Å². The fourth-order valence-electron chi connectivity index (χ4n) is 2.25. The number of halogens is 2. The van der Waals surface area contributed by atoms with E-state index >= 15 is 0 Å². The van der Waals surface area contributed by atoms with E-state index in [2.05, 4.69) is 0 Å². The van der Waals surface area contributed by atoms with E-state index in [1.54, 1.807) is 0 Å². The molecule has 1 heterocycles. The van der Waals surface area contributed by atoms with Gasteiger partial charge in [-0.2, -0.15) is 4.31 Å². The number of hydrogen-bond acceptors (Lipinski definition) is 4. The van der Waals surface area contributed by atoms with Gasteiger partial charge in [0.15, 0.2) is 0 Å². The molecule has 1 aromatic carbocycles. The molecule has 0 aliphatic carbocycles. The maximum absolute atomic E-state index is 12.6. The van der Waals surface area contributed by atoms with Crippen LogP contribution in [-0.2, 0) is 10.0 Å². The topological polar surface area (TPSA) is 83.6 Å². The summed E-state index contributed by atoms with van der Waals surface area (Å²) in [6.45, 7) is 0.133. The Morgan fingerprint density at radius 2 is 1.95 bits per heavy atom. The number of nitrogen functional groups attached to an aromatic ring is 1. The molecule has 106 valence electrons. The average Bonchev–Trinajstić information content (AvgIpc) is 2.75. The van der Waals surface area contributed by atoms with Crippen molar-refractivity contribution in [3.63, 3.8) is 0 Å². The monoisotopic (exact) mass is 324 g/mol. The lowest BCUT2D eigenvalue weighted by Crippen LogP contribution is -2.37. The van der Waals surface area contributed by atoms with Gasteiger partial charge in [-0.05, 0) is 25.0 Å². The van der Waals surface area contributed by atoms with Gasteiger partial charge < -0.3 is 10.8 Å². The number of rotatable bonds is 3. The predicted molar refractivity (Wildman–Crippen MR) is 74.9 cm³/mol. The zero-order valence-electron chi connectivity index (χ0n) is 10.0. The smallest absolute Gasteiger partial charge is 0.246 e. The predicted octanol–water partition coefficient (Wildman–Crippen LogP) is 1.72. The molecule has 1 unspecified atom stereocenters. The SMILES string of the molecule is Nc1cc(Cl)c(S(=O)(=O)N2CCCC2CO)c(Cl)c1. The molecule has 0 spiro atoms. The Balaban J connectivity index is 2.51. The number of hydrogen-bond donors (Lipinski definition) is 2. The number of nitrogens with zero attached hydrogens (tertiary/aromatic N) is 1. The van der Waals surface area contributed by atoms with Crippen LogP contribution in [0, 0.1) is 0 Å². The Morgan fingerprint density at radius 1 is 1.37 bits per heavy atom. The van der Waals surface area contributed by atoms with Gasteiger partial charge in [0.25, 0.3) is 0 Å². The molecule has 3 N–H and O–H groups in total. The van der Waals surface area contributed by atoms with E-state index in [1.807, 2.05) is 0 Å². The fourth-order valence-corrected chi connectivity index (χ4v) is 5.12. The van der Waals surface area contributed by atoms with Crippen molar-refractivity contribution in [3.05, 3.63) is 22.2 Å². The van der Waals surface area contributed by atoms with Crippen molar-refractivity contribution < 1.29 is 13.5 Å². The Kier molecular flexibility index (Phi) is 4.27. The summed E-state index contributed by atoms with van der Waals surface area (Å²) in [5.74, 6) is 0. The van der Waals surface area contributed by atoms with Crippen molar-refractivity contribution in [1.82, 2.24) is 4.31 Å². The molecule has 8 heteroatoms. The Hall–Kier alpha value is -0.530. The number of sulfonamides is 1. The summed E-state index contributed by atoms with van der Waals surface area (Å²) in [5.41, 5.74) is 5.86. The average molecular weight is 325 g/mol. The highest BCUT2D eigenvalue weighted by Crippen LogP contribution is 2.36. The van der Waals surface area contributed by atoms with Crippen LogP contribution in [0.5, 0.6) is 0 Å². The van der Waals surface area contributed by atoms with Gasteiger partial charge in [0.05, 0.1) is 16.7 Å². The largest absolute Gasteiger partial charge is 0.399 e. The van der Waals surface area contributed by atoms with Crippen LogP contribution in [0.2, 0.25) is 10.0 Å². The lowest BCUT2D eigenvalue weighted by molar-refractivity contribution is 0.213. The third-order valence-corrected chi connectivity index (χ3v) is 6.00. The summed E-state index contributed by atoms with van der Waals surface area (Å²) in [7, 11) is -3.82. The molecule has 1 saturated heterocycles. The van der Waals surface area contributed by atoms with Crippen LogP contribution in [0.15, 0.2) is 17.0 Å². The molecule has 2 rings (SSSR count). The van der Waals surface area contributed by atoms with Gasteiger partial charge in [0.1, 0.15) is 4.90 Å². The third kappa shape index (κ3) is 2.68. The number of nitrogens with two attached hydrogens (primary N) is 1. The van der Waals surface area contributed by atoms with Crippen molar-refractivity contribution in [3.8, 4) is 0 Å². The lowest BCUT2D eigenvalue weighted by atomic mass is 10.2. The van der Waals surface area contributed by atoms with Crippen LogP contribution < -0.4 is 5.73 Å². The molecule has 5 nitrogen and oxygen atoms in total. The molecule has 0 radical (unpaired) electrons. The molecular formula is C11H14Cl2N2O3S. The van der Waals surface area contributed by atoms with E-state index in [4.69, 9.17) is 28.9 Å². The molecule has 0 saturated carbocycles. The zero-order chi connectivity index (χ0) is 14.2. The van der Waals surface area contributed by atoms with Gasteiger partial charge >= 0.3 is 0 Å². The summed E-state index contributed by atoms with van der Waals surface area (Å²) in [6, 6.07) is 2.28. The van der Waals surface area contributed by atoms with Crippen LogP contribution in [-0.4, -0.2) is 37.0 Å². The first-order valence-electron chi connectivity index (χ1n) is 5.75. The van der Waals surface area contributed by atoms with Crippen molar-refractivity contribution in [2.45, 2.75) is 23.8 Å². The van der Waals surface area contributed by atoms with Crippen LogP contribution >= 0.6 is 23.2 Å². The molecule has 1 fully saturated rings. The van der Waals surface area contributed by atoms with Crippen molar-refractivity contribution in [1.29, 1.82) is 0 Å². The van der Waals surface area contributed by atoms with E-state index in [1.165, 1.54) is 16.4 Å². The molecule has 0 bridgehead atoms. The second-order valence-electron chi connectivity index (χ2n) is 4.41. The third-order valence-electron chi connectivity index (χ3n) is 3.12. The molecule has 1 aliphatic heterocycles. The highest BCUT2D eigenvalue weighted by molar-refractivity contribution is 7.89. The Bertz CT molecular complexity index is 569. The van der Waals surface area contributed by atoms with Crippen LogP contribution in [0.3, 0.4) is 0 Å². The van der Waals surface area contributed by atoms with Gasteiger partial charge in [-0.25, -0.2) is 8.42 Å². The van der Waals surface area contributed by atoms with Crippen LogP contribution in [0.4, 0.5) is 5.69 Å². The minimum absolute atomic E-state index is 0.00594. The minimum atomic E-state index is -3.82. The Labute approximate surface area is 122 Å². The highest BCUT2D eigenvalue weighted by atomic mass is 35.5. The molecule has 1 atom stereocenters. The van der Waals surface area contributed by atoms with E-state index in [9.17, 15) is 13.5 Å². The summed E-state index contributed by atoms with van der Waals surface area (Å²) in [4.78, 5) is -0.148. The first-order valence-corrected chi connectivity index (χ1v) is 7.94. The first-order chi connectivity index (χ1) is 8.87. The van der Waals surface area contributed by atoms with E-state index in [0.717, 1.165) is 0 Å². The fraction of sp³-hybridized carbons (Fsp3) is 0.455. The number of aliphatic hydroxyl groups is 1. The summed E-state index contributed by atoms with van der Waals surface area (Å²) in [6.07, 6.45) is 1.33. The van der Waals surface area contributed by atoms with E-state index in [0.29, 0.717) is 25.1 Å². The molecule has 1 aromatic rings. The normalized spacial score (nSPS) is 20.9. The lowest BCUT2D eigenvalue weighted by Gasteiger charge is -2.23. The quantitative estimate of drug-likeness (QED) is 0.829. The molecular weight excluding hydrogens is 311 g/mol. The number of benzene rings is 1. The number of aliphatic hydroxyl groups excluding tert-OH is 1. The summed E-state index contributed by atoms with van der Waals surface area (Å²) < 4.78 is 26.4. The molecule has 19 heavy (non-hydrogen) atoms. The Morgan fingerprint density at radius 3 is 2.47 bits per heavy atom. The van der Waals surface area contributed by atoms with Gasteiger partial charge in [-0.1, -0.05) is 23.2 Å². The maximum atomic E-state index is 12.6. The van der Waals surface area contributed by atoms with Gasteiger partial charge in [0, 0.05) is 18.3 Å². The number of anilines is 1. The van der Waals surface area contributed by atoms with Crippen LogP contribution in [0.1, 0.15) is 12.8 Å². The van der Waals surface area contributed by atoms with Crippen molar-refractivity contribution in [2.75, 3.05) is 18.9 Å². The van der Waals surface area contributed by atoms with Crippen LogP contribution in [0.25, 0.3) is 0 Å². The van der Waals surface area contributed by atoms with Crippen molar-refractivity contribution in [2.24, 2.45) is 0 Å². The summed E-state index contributed by atoms with van der Waals surface area (Å²) >= 11 is 11.9. The second-order valence-corrected chi connectivity index (χ2v) is 7.05. The molecule has 1 aliphatic rings. The second kappa shape index (κ2) is 5.46. The van der Waals surface area contributed by atoms with E-state index < -0.39 is 16.1 Å². The van der Waals surface area contributed by atoms with Gasteiger partial charge in [0.2, 0.25) is 10.0 Å². The highest BCUT2D eigenvalue weighted by Gasteiger charge is 2.37. The minimum Gasteiger partial charge on any atom is -0.399 e. The molecule has 0 aromatic heterocycles. The summed E-state index contributed by atoms with van der Waals surface area (Å²) in [5, 5.41) is 9.23. The zero-order valence-corrected chi connectivity index (χ0v) is 12.3. The van der Waals surface area contributed by atoms with Gasteiger partial charge in [-0.15, -0.1) is 0 Å². The maximum Gasteiger partial charge on any atom is 0.246 e.